The molecule has 2 aromatic rings. The van der Waals surface area contributed by atoms with Crippen molar-refractivity contribution >= 4 is 23.3 Å². The highest BCUT2D eigenvalue weighted by molar-refractivity contribution is 6.31. The van der Waals surface area contributed by atoms with Gasteiger partial charge in [0.15, 0.2) is 0 Å². The summed E-state index contributed by atoms with van der Waals surface area (Å²) in [6, 6.07) is 11.4. The van der Waals surface area contributed by atoms with Crippen molar-refractivity contribution in [3.8, 4) is 5.75 Å². The second-order valence-corrected chi connectivity index (χ2v) is 6.87. The maximum absolute atomic E-state index is 12.2. The van der Waals surface area contributed by atoms with Gasteiger partial charge >= 0.3 is 0 Å². The molecule has 144 valence electrons. The normalized spacial score (nSPS) is 14.8. The quantitative estimate of drug-likeness (QED) is 0.790. The molecule has 2 heterocycles. The van der Waals surface area contributed by atoms with Gasteiger partial charge in [-0.2, -0.15) is 0 Å². The molecule has 1 aliphatic rings. The number of hydrogen-bond acceptors (Lipinski definition) is 5. The van der Waals surface area contributed by atoms with E-state index in [1.807, 2.05) is 36.5 Å². The molecule has 3 rings (SSSR count). The van der Waals surface area contributed by atoms with Gasteiger partial charge in [-0.1, -0.05) is 23.7 Å². The van der Waals surface area contributed by atoms with Gasteiger partial charge in [0.2, 0.25) is 5.91 Å². The largest absolute Gasteiger partial charge is 0.496 e. The molecule has 0 atom stereocenters. The van der Waals surface area contributed by atoms with Gasteiger partial charge in [-0.05, 0) is 24.3 Å². The van der Waals surface area contributed by atoms with Gasteiger partial charge in [0, 0.05) is 62.5 Å². The Bertz CT molecular complexity index is 749. The zero-order chi connectivity index (χ0) is 19.1. The van der Waals surface area contributed by atoms with Crippen LogP contribution >= 0.6 is 11.6 Å². The third-order valence-electron chi connectivity index (χ3n) is 4.76. The van der Waals surface area contributed by atoms with Crippen LogP contribution in [0.25, 0.3) is 0 Å². The van der Waals surface area contributed by atoms with Crippen LogP contribution in [0.2, 0.25) is 5.02 Å². The minimum Gasteiger partial charge on any atom is -0.496 e. The first kappa shape index (κ1) is 19.5. The number of rotatable bonds is 7. The summed E-state index contributed by atoms with van der Waals surface area (Å²) in [6.45, 7) is 4.84. The number of carbonyl (C=O) groups is 1. The molecular formula is C20H25ClN4O2. The number of ether oxygens (including phenoxy) is 1. The predicted octanol–water partition coefficient (Wildman–Crippen LogP) is 2.57. The SMILES string of the molecule is COc1cccc(Cl)c1CNC(=O)CCN1CCN(c2ccccn2)CC1. The second kappa shape index (κ2) is 9.58. The monoisotopic (exact) mass is 388 g/mol. The van der Waals surface area contributed by atoms with Crippen LogP contribution < -0.4 is 15.0 Å². The predicted molar refractivity (Wildman–Crippen MR) is 107 cm³/mol. The lowest BCUT2D eigenvalue weighted by Gasteiger charge is -2.35. The Morgan fingerprint density at radius 1 is 1.19 bits per heavy atom. The lowest BCUT2D eigenvalue weighted by atomic mass is 10.2. The van der Waals surface area contributed by atoms with E-state index in [0.29, 0.717) is 23.7 Å². The molecule has 0 saturated carbocycles. The molecule has 1 saturated heterocycles. The zero-order valence-corrected chi connectivity index (χ0v) is 16.3. The first-order valence-electron chi connectivity index (χ1n) is 9.14. The summed E-state index contributed by atoms with van der Waals surface area (Å²) in [5, 5.41) is 3.54. The Balaban J connectivity index is 1.40. The average Bonchev–Trinajstić information content (AvgIpc) is 2.72. The summed E-state index contributed by atoms with van der Waals surface area (Å²) in [5.41, 5.74) is 0.805. The fourth-order valence-electron chi connectivity index (χ4n) is 3.18. The van der Waals surface area contributed by atoms with E-state index in [9.17, 15) is 4.79 Å². The Labute approximate surface area is 165 Å². The van der Waals surface area contributed by atoms with Gasteiger partial charge in [0.05, 0.1) is 7.11 Å². The molecule has 0 spiro atoms. The maximum atomic E-state index is 12.2. The van der Waals surface area contributed by atoms with E-state index >= 15 is 0 Å². The van der Waals surface area contributed by atoms with E-state index in [2.05, 4.69) is 20.1 Å². The van der Waals surface area contributed by atoms with Crippen LogP contribution in [-0.4, -0.2) is 55.6 Å². The molecular weight excluding hydrogens is 364 g/mol. The summed E-state index contributed by atoms with van der Waals surface area (Å²) >= 11 is 6.21. The summed E-state index contributed by atoms with van der Waals surface area (Å²) in [5.74, 6) is 1.72. The lowest BCUT2D eigenvalue weighted by molar-refractivity contribution is -0.121. The highest BCUT2D eigenvalue weighted by atomic mass is 35.5. The van der Waals surface area contributed by atoms with E-state index in [4.69, 9.17) is 16.3 Å². The Morgan fingerprint density at radius 3 is 2.70 bits per heavy atom. The van der Waals surface area contributed by atoms with Crippen LogP contribution in [0.3, 0.4) is 0 Å². The van der Waals surface area contributed by atoms with Crippen molar-refractivity contribution in [1.29, 1.82) is 0 Å². The van der Waals surface area contributed by atoms with Crippen molar-refractivity contribution in [1.82, 2.24) is 15.2 Å². The van der Waals surface area contributed by atoms with Crippen molar-refractivity contribution in [3.05, 3.63) is 53.2 Å². The minimum absolute atomic E-state index is 0.0177. The number of aromatic nitrogens is 1. The molecule has 0 unspecified atom stereocenters. The standard InChI is InChI=1S/C20H25ClN4O2/c1-27-18-6-4-5-17(21)16(18)15-23-20(26)8-10-24-11-13-25(14-12-24)19-7-2-3-9-22-19/h2-7,9H,8,10-15H2,1H3,(H,23,26). The van der Waals surface area contributed by atoms with E-state index in [1.54, 1.807) is 13.2 Å². The Hall–Kier alpha value is -2.31. The number of carbonyl (C=O) groups excluding carboxylic acids is 1. The number of benzene rings is 1. The zero-order valence-electron chi connectivity index (χ0n) is 15.5. The first-order valence-corrected chi connectivity index (χ1v) is 9.51. The van der Waals surface area contributed by atoms with Gasteiger partial charge < -0.3 is 15.0 Å². The van der Waals surface area contributed by atoms with Crippen molar-refractivity contribution in [3.63, 3.8) is 0 Å². The fourth-order valence-corrected chi connectivity index (χ4v) is 3.41. The molecule has 0 radical (unpaired) electrons. The number of nitrogens with zero attached hydrogens (tertiary/aromatic N) is 3. The third-order valence-corrected chi connectivity index (χ3v) is 5.11. The lowest BCUT2D eigenvalue weighted by Crippen LogP contribution is -2.47. The molecule has 0 bridgehead atoms. The highest BCUT2D eigenvalue weighted by Gasteiger charge is 2.18. The summed E-state index contributed by atoms with van der Waals surface area (Å²) in [4.78, 5) is 21.2. The molecule has 6 nitrogen and oxygen atoms in total. The molecule has 1 aliphatic heterocycles. The Morgan fingerprint density at radius 2 is 2.00 bits per heavy atom. The fraction of sp³-hybridized carbons (Fsp3) is 0.400. The summed E-state index contributed by atoms with van der Waals surface area (Å²) in [7, 11) is 1.60. The molecule has 1 aromatic carbocycles. The van der Waals surface area contributed by atoms with E-state index in [-0.39, 0.29) is 5.91 Å². The van der Waals surface area contributed by atoms with Gasteiger partial charge in [-0.3, -0.25) is 9.69 Å². The topological polar surface area (TPSA) is 57.7 Å². The molecule has 1 aromatic heterocycles. The minimum atomic E-state index is 0.0177. The number of methoxy groups -OCH3 is 1. The number of pyridine rings is 1. The number of hydrogen-bond donors (Lipinski definition) is 1. The van der Waals surface area contributed by atoms with Crippen LogP contribution in [0.1, 0.15) is 12.0 Å². The molecule has 1 fully saturated rings. The average molecular weight is 389 g/mol. The molecule has 0 aliphatic carbocycles. The van der Waals surface area contributed by atoms with Crippen LogP contribution in [0.15, 0.2) is 42.6 Å². The molecule has 1 N–H and O–H groups in total. The van der Waals surface area contributed by atoms with Crippen molar-refractivity contribution in [2.75, 3.05) is 44.7 Å². The van der Waals surface area contributed by atoms with Crippen LogP contribution in [-0.2, 0) is 11.3 Å². The van der Waals surface area contributed by atoms with Crippen LogP contribution in [0.4, 0.5) is 5.82 Å². The molecule has 1 amide bonds. The van der Waals surface area contributed by atoms with Gasteiger partial charge in [0.25, 0.3) is 0 Å². The summed E-state index contributed by atoms with van der Waals surface area (Å²) in [6.07, 6.45) is 2.29. The van der Waals surface area contributed by atoms with E-state index in [0.717, 1.165) is 44.1 Å². The Kier molecular flexibility index (Phi) is 6.90. The summed E-state index contributed by atoms with van der Waals surface area (Å²) < 4.78 is 5.31. The van der Waals surface area contributed by atoms with Gasteiger partial charge in [-0.15, -0.1) is 0 Å². The van der Waals surface area contributed by atoms with Crippen molar-refractivity contribution < 1.29 is 9.53 Å². The maximum Gasteiger partial charge on any atom is 0.221 e. The van der Waals surface area contributed by atoms with Gasteiger partial charge in [0.1, 0.15) is 11.6 Å². The molecule has 27 heavy (non-hydrogen) atoms. The highest BCUT2D eigenvalue weighted by Crippen LogP contribution is 2.25. The molecule has 7 heteroatoms. The van der Waals surface area contributed by atoms with Crippen LogP contribution in [0.5, 0.6) is 5.75 Å². The van der Waals surface area contributed by atoms with Crippen LogP contribution in [0, 0.1) is 0 Å². The number of piperazine rings is 1. The van der Waals surface area contributed by atoms with Crippen molar-refractivity contribution in [2.24, 2.45) is 0 Å². The number of anilines is 1. The van der Waals surface area contributed by atoms with E-state index in [1.165, 1.54) is 0 Å². The number of halogens is 1. The third kappa shape index (κ3) is 5.34. The van der Waals surface area contributed by atoms with E-state index < -0.39 is 0 Å². The number of nitrogens with one attached hydrogen (secondary N) is 1. The second-order valence-electron chi connectivity index (χ2n) is 6.46. The number of amides is 1. The van der Waals surface area contributed by atoms with Gasteiger partial charge in [-0.25, -0.2) is 4.98 Å². The smallest absolute Gasteiger partial charge is 0.221 e. The first-order chi connectivity index (χ1) is 13.2. The van der Waals surface area contributed by atoms with Crippen molar-refractivity contribution in [2.45, 2.75) is 13.0 Å².